The number of likely N-dealkylation sites (tertiary alicyclic amines) is 1. The zero-order chi connectivity index (χ0) is 20.8. The van der Waals surface area contributed by atoms with Crippen LogP contribution in [0.5, 0.6) is 11.5 Å². The Balaban J connectivity index is 1.27. The minimum absolute atomic E-state index is 0.340. The average molecular weight is 422 g/mol. The van der Waals surface area contributed by atoms with Gasteiger partial charge in [0, 0.05) is 41.3 Å². The molecule has 2 aromatic rings. The first kappa shape index (κ1) is 19.7. The number of ether oxygens (including phenoxy) is 2. The second-order valence-corrected chi connectivity index (χ2v) is 10.4. The molecule has 6 rings (SSSR count). The van der Waals surface area contributed by atoms with Crippen LogP contribution < -0.4 is 14.8 Å². The van der Waals surface area contributed by atoms with Gasteiger partial charge in [0.1, 0.15) is 0 Å². The Morgan fingerprint density at radius 2 is 1.94 bits per heavy atom. The Kier molecular flexibility index (Phi) is 4.97. The van der Waals surface area contributed by atoms with Gasteiger partial charge in [-0.15, -0.1) is 0 Å². The zero-order valence-electron chi connectivity index (χ0n) is 18.8. The number of aryl methyl sites for hydroxylation is 1. The highest BCUT2D eigenvalue weighted by Gasteiger charge is 2.45. The summed E-state index contributed by atoms with van der Waals surface area (Å²) in [5.41, 5.74) is 5.37. The van der Waals surface area contributed by atoms with Crippen molar-refractivity contribution in [1.82, 2.24) is 9.88 Å². The van der Waals surface area contributed by atoms with Gasteiger partial charge in [0.15, 0.2) is 11.5 Å². The van der Waals surface area contributed by atoms with Crippen LogP contribution in [-0.4, -0.2) is 49.8 Å². The first-order valence-corrected chi connectivity index (χ1v) is 12.4. The molecular weight excluding hydrogens is 386 g/mol. The standard InChI is InChI=1S/C26H35N3O2/c1-30-23-13-20-22(28-21-6-4-5-19(21)25(20)27-15-18-7-8-18)14-24(23)31-17-26(9-10-26)16-29-11-2-3-12-29/h13-14,18H,2-12,15-17H2,1H3,(H,27,28). The number of pyridine rings is 1. The number of benzene rings is 1. The molecule has 4 aliphatic rings. The first-order valence-electron chi connectivity index (χ1n) is 12.4. The number of nitrogens with one attached hydrogen (secondary N) is 1. The third kappa shape index (κ3) is 3.97. The molecule has 1 N–H and O–H groups in total. The number of hydrogen-bond donors (Lipinski definition) is 1. The van der Waals surface area contributed by atoms with E-state index in [9.17, 15) is 0 Å². The van der Waals surface area contributed by atoms with E-state index in [1.807, 2.05) is 0 Å². The van der Waals surface area contributed by atoms with E-state index in [1.165, 1.54) is 86.9 Å². The summed E-state index contributed by atoms with van der Waals surface area (Å²) in [5.74, 6) is 2.52. The quantitative estimate of drug-likeness (QED) is 0.630. The van der Waals surface area contributed by atoms with Gasteiger partial charge < -0.3 is 19.7 Å². The average Bonchev–Trinajstić information content (AvgIpc) is 3.65. The molecule has 0 unspecified atom stereocenters. The second-order valence-electron chi connectivity index (χ2n) is 10.4. The van der Waals surface area contributed by atoms with Crippen LogP contribution >= 0.6 is 0 Å². The SMILES string of the molecule is COc1cc2c(NCC3CC3)c3c(nc2cc1OCC1(CN2CCCC2)CC1)CCC3. The predicted molar refractivity (Wildman–Crippen MR) is 124 cm³/mol. The summed E-state index contributed by atoms with van der Waals surface area (Å²) in [7, 11) is 1.75. The van der Waals surface area contributed by atoms with Crippen molar-refractivity contribution in [2.75, 3.05) is 45.2 Å². The Morgan fingerprint density at radius 1 is 1.10 bits per heavy atom. The number of methoxy groups -OCH3 is 1. The highest BCUT2D eigenvalue weighted by molar-refractivity contribution is 5.96. The fourth-order valence-corrected chi connectivity index (χ4v) is 5.48. The van der Waals surface area contributed by atoms with Crippen molar-refractivity contribution < 1.29 is 9.47 Å². The van der Waals surface area contributed by atoms with Gasteiger partial charge in [0.25, 0.3) is 0 Å². The van der Waals surface area contributed by atoms with Crippen molar-refractivity contribution in [3.05, 3.63) is 23.4 Å². The second kappa shape index (κ2) is 7.84. The van der Waals surface area contributed by atoms with Gasteiger partial charge in [-0.05, 0) is 88.4 Å². The molecular formula is C26H35N3O2. The van der Waals surface area contributed by atoms with Crippen molar-refractivity contribution in [1.29, 1.82) is 0 Å². The van der Waals surface area contributed by atoms with Crippen LogP contribution in [0.4, 0.5) is 5.69 Å². The van der Waals surface area contributed by atoms with E-state index in [0.717, 1.165) is 48.9 Å². The maximum Gasteiger partial charge on any atom is 0.163 e. The van der Waals surface area contributed by atoms with E-state index in [2.05, 4.69) is 22.3 Å². The minimum Gasteiger partial charge on any atom is -0.493 e. The lowest BCUT2D eigenvalue weighted by molar-refractivity contribution is 0.175. The van der Waals surface area contributed by atoms with Crippen LogP contribution in [0.1, 0.15) is 56.2 Å². The smallest absolute Gasteiger partial charge is 0.163 e. The molecule has 5 heteroatoms. The number of anilines is 1. The third-order valence-electron chi connectivity index (χ3n) is 7.81. The van der Waals surface area contributed by atoms with Gasteiger partial charge in [-0.1, -0.05) is 0 Å². The van der Waals surface area contributed by atoms with Crippen LogP contribution in [0.2, 0.25) is 0 Å². The summed E-state index contributed by atoms with van der Waals surface area (Å²) in [6.45, 7) is 5.55. The first-order chi connectivity index (χ1) is 15.2. The summed E-state index contributed by atoms with van der Waals surface area (Å²) in [6, 6.07) is 4.28. The molecule has 0 radical (unpaired) electrons. The zero-order valence-corrected chi connectivity index (χ0v) is 18.8. The largest absolute Gasteiger partial charge is 0.493 e. The summed E-state index contributed by atoms with van der Waals surface area (Å²) < 4.78 is 12.2. The number of nitrogens with zero attached hydrogens (tertiary/aromatic N) is 2. The van der Waals surface area contributed by atoms with Crippen LogP contribution in [0.25, 0.3) is 10.9 Å². The maximum absolute atomic E-state index is 6.43. The van der Waals surface area contributed by atoms with Gasteiger partial charge in [-0.2, -0.15) is 0 Å². The summed E-state index contributed by atoms with van der Waals surface area (Å²) in [6.07, 6.45) is 11.4. The lowest BCUT2D eigenvalue weighted by Crippen LogP contribution is -2.31. The Morgan fingerprint density at radius 3 is 2.68 bits per heavy atom. The number of fused-ring (bicyclic) bond motifs is 2. The van der Waals surface area contributed by atoms with Gasteiger partial charge in [-0.3, -0.25) is 4.98 Å². The molecule has 1 aromatic heterocycles. The van der Waals surface area contributed by atoms with Gasteiger partial charge in [-0.25, -0.2) is 0 Å². The van der Waals surface area contributed by atoms with Crippen molar-refractivity contribution in [3.8, 4) is 11.5 Å². The predicted octanol–water partition coefficient (Wildman–Crippen LogP) is 4.81. The lowest BCUT2D eigenvalue weighted by Gasteiger charge is -2.24. The van der Waals surface area contributed by atoms with Crippen LogP contribution in [-0.2, 0) is 12.8 Å². The molecule has 5 nitrogen and oxygen atoms in total. The van der Waals surface area contributed by atoms with Crippen LogP contribution in [0.15, 0.2) is 12.1 Å². The monoisotopic (exact) mass is 421 g/mol. The molecule has 0 bridgehead atoms. The van der Waals surface area contributed by atoms with Crippen molar-refractivity contribution in [2.24, 2.45) is 11.3 Å². The third-order valence-corrected chi connectivity index (χ3v) is 7.81. The van der Waals surface area contributed by atoms with Gasteiger partial charge in [0.05, 0.1) is 19.2 Å². The molecule has 3 fully saturated rings. The minimum atomic E-state index is 0.340. The molecule has 1 saturated heterocycles. The molecule has 3 aliphatic carbocycles. The van der Waals surface area contributed by atoms with E-state index >= 15 is 0 Å². The molecule has 31 heavy (non-hydrogen) atoms. The van der Waals surface area contributed by atoms with Crippen molar-refractivity contribution in [2.45, 2.75) is 57.8 Å². The van der Waals surface area contributed by atoms with Gasteiger partial charge >= 0.3 is 0 Å². The lowest BCUT2D eigenvalue weighted by atomic mass is 10.1. The highest BCUT2D eigenvalue weighted by Crippen LogP contribution is 2.48. The molecule has 0 atom stereocenters. The molecule has 0 spiro atoms. The topological polar surface area (TPSA) is 46.6 Å². The number of hydrogen-bond acceptors (Lipinski definition) is 5. The summed E-state index contributed by atoms with van der Waals surface area (Å²) >= 11 is 0. The Hall–Kier alpha value is -2.01. The molecule has 2 saturated carbocycles. The summed E-state index contributed by atoms with van der Waals surface area (Å²) in [5, 5.41) is 4.97. The van der Waals surface area contributed by atoms with Gasteiger partial charge in [0.2, 0.25) is 0 Å². The maximum atomic E-state index is 6.43. The molecule has 166 valence electrons. The Bertz CT molecular complexity index is 975. The van der Waals surface area contributed by atoms with E-state index in [1.54, 1.807) is 7.11 Å². The normalized spacial score (nSPS) is 22.0. The number of rotatable bonds is 9. The fraction of sp³-hybridized carbons (Fsp3) is 0.654. The number of aromatic nitrogens is 1. The summed E-state index contributed by atoms with van der Waals surface area (Å²) in [4.78, 5) is 7.68. The molecule has 1 aromatic carbocycles. The van der Waals surface area contributed by atoms with Crippen molar-refractivity contribution >= 4 is 16.6 Å². The molecule has 0 amide bonds. The van der Waals surface area contributed by atoms with Crippen LogP contribution in [0.3, 0.4) is 0 Å². The Labute approximate surface area is 185 Å². The van der Waals surface area contributed by atoms with Crippen LogP contribution in [0, 0.1) is 11.3 Å². The van der Waals surface area contributed by atoms with Crippen molar-refractivity contribution in [3.63, 3.8) is 0 Å². The fourth-order valence-electron chi connectivity index (χ4n) is 5.48. The van der Waals surface area contributed by atoms with E-state index in [0.29, 0.717) is 5.41 Å². The van der Waals surface area contributed by atoms with E-state index < -0.39 is 0 Å². The van der Waals surface area contributed by atoms with E-state index in [-0.39, 0.29) is 0 Å². The molecule has 2 heterocycles. The molecule has 1 aliphatic heterocycles. The van der Waals surface area contributed by atoms with E-state index in [4.69, 9.17) is 14.5 Å². The highest BCUT2D eigenvalue weighted by atomic mass is 16.5.